The number of aromatic amines is 1. The van der Waals surface area contributed by atoms with Gasteiger partial charge >= 0.3 is 5.97 Å². The first kappa shape index (κ1) is 20.4. The van der Waals surface area contributed by atoms with Crippen molar-refractivity contribution in [1.82, 2.24) is 19.4 Å². The van der Waals surface area contributed by atoms with Gasteiger partial charge in [-0.05, 0) is 36.6 Å². The van der Waals surface area contributed by atoms with Crippen LogP contribution in [0.15, 0.2) is 59.9 Å². The molecule has 0 atom stereocenters. The zero-order valence-corrected chi connectivity index (χ0v) is 18.6. The maximum Gasteiger partial charge on any atom is 0.337 e. The van der Waals surface area contributed by atoms with Gasteiger partial charge in [0.2, 0.25) is 0 Å². The van der Waals surface area contributed by atoms with Crippen LogP contribution in [-0.4, -0.2) is 51.2 Å². The van der Waals surface area contributed by atoms with Gasteiger partial charge in [-0.1, -0.05) is 30.0 Å². The van der Waals surface area contributed by atoms with E-state index in [0.29, 0.717) is 24.3 Å². The molecule has 0 spiro atoms. The molecule has 3 heterocycles. The Labute approximate surface area is 189 Å². The van der Waals surface area contributed by atoms with Crippen molar-refractivity contribution in [1.29, 1.82) is 0 Å². The van der Waals surface area contributed by atoms with Crippen LogP contribution in [0.25, 0.3) is 16.6 Å². The first-order valence-electron chi connectivity index (χ1n) is 10.3. The minimum absolute atomic E-state index is 0.0641. The van der Waals surface area contributed by atoms with E-state index in [9.17, 15) is 9.59 Å². The van der Waals surface area contributed by atoms with Crippen LogP contribution in [0.5, 0.6) is 0 Å². The van der Waals surface area contributed by atoms with Gasteiger partial charge in [0, 0.05) is 47.4 Å². The molecule has 1 aliphatic heterocycles. The lowest BCUT2D eigenvalue weighted by molar-refractivity contribution is 0.0600. The Morgan fingerprint density at radius 3 is 2.72 bits per heavy atom. The molecule has 0 fully saturated rings. The maximum atomic E-state index is 13.6. The molecule has 2 aromatic carbocycles. The van der Waals surface area contributed by atoms with Gasteiger partial charge in [0.05, 0.1) is 18.9 Å². The predicted molar refractivity (Wildman–Crippen MR) is 123 cm³/mol. The molecule has 0 bridgehead atoms. The molecule has 0 saturated carbocycles. The van der Waals surface area contributed by atoms with Crippen molar-refractivity contribution < 1.29 is 14.3 Å². The van der Waals surface area contributed by atoms with Crippen LogP contribution in [0.1, 0.15) is 32.1 Å². The van der Waals surface area contributed by atoms with E-state index in [1.807, 2.05) is 58.2 Å². The molecular weight excluding hydrogens is 424 g/mol. The molecule has 8 heteroatoms. The summed E-state index contributed by atoms with van der Waals surface area (Å²) in [7, 11) is 1.37. The first-order chi connectivity index (χ1) is 15.6. The SMILES string of the molecule is COC(=O)c1ccc2[nH]c3c(c2c1)CN(C(=O)c1cnc(SC)n1-c1ccccc1)CC3. The minimum atomic E-state index is -0.373. The van der Waals surface area contributed by atoms with Crippen molar-refractivity contribution in [2.45, 2.75) is 18.1 Å². The number of H-pyrrole nitrogens is 1. The Hall–Kier alpha value is -3.52. The largest absolute Gasteiger partial charge is 0.465 e. The first-order valence-corrected chi connectivity index (χ1v) is 11.5. The summed E-state index contributed by atoms with van der Waals surface area (Å²) >= 11 is 1.51. The lowest BCUT2D eigenvalue weighted by Gasteiger charge is -2.27. The zero-order valence-electron chi connectivity index (χ0n) is 17.8. The van der Waals surface area contributed by atoms with E-state index in [2.05, 4.69) is 9.97 Å². The molecule has 0 radical (unpaired) electrons. The van der Waals surface area contributed by atoms with Gasteiger partial charge in [-0.2, -0.15) is 0 Å². The molecule has 32 heavy (non-hydrogen) atoms. The van der Waals surface area contributed by atoms with E-state index in [4.69, 9.17) is 4.74 Å². The fourth-order valence-corrected chi connectivity index (χ4v) is 4.80. The Morgan fingerprint density at radius 1 is 1.16 bits per heavy atom. The molecule has 2 aromatic heterocycles. The van der Waals surface area contributed by atoms with Crippen molar-refractivity contribution in [3.05, 3.63) is 77.2 Å². The third-order valence-electron chi connectivity index (χ3n) is 5.83. The maximum absolute atomic E-state index is 13.6. The molecular formula is C24H22N4O3S. The summed E-state index contributed by atoms with van der Waals surface area (Å²) in [6.07, 6.45) is 4.33. The second-order valence-electron chi connectivity index (χ2n) is 7.61. The van der Waals surface area contributed by atoms with E-state index < -0.39 is 0 Å². The molecule has 1 aliphatic rings. The van der Waals surface area contributed by atoms with Crippen molar-refractivity contribution in [3.8, 4) is 5.69 Å². The van der Waals surface area contributed by atoms with Gasteiger partial charge in [-0.3, -0.25) is 9.36 Å². The smallest absolute Gasteiger partial charge is 0.337 e. The van der Waals surface area contributed by atoms with Crippen LogP contribution in [0, 0.1) is 0 Å². The Kier molecular flexibility index (Phi) is 5.22. The number of benzene rings is 2. The van der Waals surface area contributed by atoms with E-state index in [1.165, 1.54) is 18.9 Å². The quantitative estimate of drug-likeness (QED) is 0.378. The summed E-state index contributed by atoms with van der Waals surface area (Å²) in [5, 5.41) is 1.72. The van der Waals surface area contributed by atoms with Crippen LogP contribution in [0.2, 0.25) is 0 Å². The van der Waals surface area contributed by atoms with Crippen molar-refractivity contribution in [3.63, 3.8) is 0 Å². The number of rotatable bonds is 4. The van der Waals surface area contributed by atoms with Gasteiger partial charge < -0.3 is 14.6 Å². The van der Waals surface area contributed by atoms with Crippen LogP contribution < -0.4 is 0 Å². The molecule has 0 saturated heterocycles. The van der Waals surface area contributed by atoms with Crippen molar-refractivity contribution in [2.24, 2.45) is 0 Å². The fourth-order valence-electron chi connectivity index (χ4n) is 4.25. The third kappa shape index (κ3) is 3.36. The van der Waals surface area contributed by atoms with Gasteiger partial charge in [0.25, 0.3) is 5.91 Å². The third-order valence-corrected chi connectivity index (χ3v) is 6.48. The normalized spacial score (nSPS) is 13.2. The van der Waals surface area contributed by atoms with Crippen molar-refractivity contribution in [2.75, 3.05) is 19.9 Å². The Bertz CT molecular complexity index is 1330. The highest BCUT2D eigenvalue weighted by atomic mass is 32.2. The number of thioether (sulfide) groups is 1. The number of amides is 1. The Morgan fingerprint density at radius 2 is 1.97 bits per heavy atom. The van der Waals surface area contributed by atoms with Gasteiger partial charge in [-0.25, -0.2) is 9.78 Å². The van der Waals surface area contributed by atoms with Crippen LogP contribution >= 0.6 is 11.8 Å². The van der Waals surface area contributed by atoms with E-state index >= 15 is 0 Å². The summed E-state index contributed by atoms with van der Waals surface area (Å²) in [4.78, 5) is 35.3. The molecule has 0 aliphatic carbocycles. The second-order valence-corrected chi connectivity index (χ2v) is 8.39. The number of fused-ring (bicyclic) bond motifs is 3. The summed E-state index contributed by atoms with van der Waals surface area (Å²) in [5.74, 6) is -0.437. The average molecular weight is 447 g/mol. The number of nitrogens with one attached hydrogen (secondary N) is 1. The topological polar surface area (TPSA) is 80.2 Å². The number of methoxy groups -OCH3 is 1. The number of hydrogen-bond donors (Lipinski definition) is 1. The number of nitrogens with zero attached hydrogens (tertiary/aromatic N) is 3. The highest BCUT2D eigenvalue weighted by molar-refractivity contribution is 7.98. The summed E-state index contributed by atoms with van der Waals surface area (Å²) < 4.78 is 6.78. The summed E-state index contributed by atoms with van der Waals surface area (Å²) in [5.41, 5.74) is 5.05. The zero-order chi connectivity index (χ0) is 22.2. The summed E-state index contributed by atoms with van der Waals surface area (Å²) in [6.45, 7) is 1.07. The molecule has 1 amide bonds. The molecule has 7 nitrogen and oxygen atoms in total. The summed E-state index contributed by atoms with van der Waals surface area (Å²) in [6, 6.07) is 15.3. The van der Waals surface area contributed by atoms with E-state index in [0.717, 1.165) is 39.4 Å². The number of carbonyl (C=O) groups excluding carboxylic acids is 2. The van der Waals surface area contributed by atoms with Crippen LogP contribution in [-0.2, 0) is 17.7 Å². The van der Waals surface area contributed by atoms with Crippen molar-refractivity contribution >= 4 is 34.5 Å². The standard InChI is InChI=1S/C24H22N4O3S/c1-31-23(30)15-8-9-19-17(12-15)18-14-27(11-10-20(18)26-19)22(29)21-13-25-24(32-2)28(21)16-6-4-3-5-7-16/h3-9,12-13,26H,10-11,14H2,1-2H3. The monoisotopic (exact) mass is 446 g/mol. The lowest BCUT2D eigenvalue weighted by atomic mass is 10.0. The minimum Gasteiger partial charge on any atom is -0.465 e. The molecule has 5 rings (SSSR count). The van der Waals surface area contributed by atoms with Gasteiger partial charge in [0.15, 0.2) is 5.16 Å². The van der Waals surface area contributed by atoms with Crippen LogP contribution in [0.3, 0.4) is 0 Å². The average Bonchev–Trinajstić information content (AvgIpc) is 3.44. The second kappa shape index (κ2) is 8.20. The van der Waals surface area contributed by atoms with Crippen LogP contribution in [0.4, 0.5) is 0 Å². The molecule has 4 aromatic rings. The number of aromatic nitrogens is 3. The number of para-hydroxylation sites is 1. The predicted octanol–water partition coefficient (Wildman–Crippen LogP) is 4.06. The highest BCUT2D eigenvalue weighted by Gasteiger charge is 2.28. The molecule has 0 unspecified atom stereocenters. The fraction of sp³-hybridized carbons (Fsp3) is 0.208. The lowest BCUT2D eigenvalue weighted by Crippen LogP contribution is -2.36. The van der Waals surface area contributed by atoms with E-state index in [-0.39, 0.29) is 11.9 Å². The van der Waals surface area contributed by atoms with Gasteiger partial charge in [0.1, 0.15) is 5.69 Å². The number of esters is 1. The number of carbonyl (C=O) groups is 2. The molecule has 1 N–H and O–H groups in total. The number of imidazole rings is 1. The number of ether oxygens (including phenoxy) is 1. The number of hydrogen-bond acceptors (Lipinski definition) is 5. The van der Waals surface area contributed by atoms with E-state index in [1.54, 1.807) is 12.3 Å². The van der Waals surface area contributed by atoms with Gasteiger partial charge in [-0.15, -0.1) is 0 Å². The highest BCUT2D eigenvalue weighted by Crippen LogP contribution is 2.30. The molecule has 162 valence electrons. The Balaban J connectivity index is 1.51.